The molecule has 0 aliphatic heterocycles. The van der Waals surface area contributed by atoms with Crippen molar-refractivity contribution in [2.24, 2.45) is 0 Å². The molecule has 328 valence electrons. The monoisotopic (exact) mass is 988 g/mol. The van der Waals surface area contributed by atoms with E-state index in [1.165, 1.54) is 24.3 Å². The van der Waals surface area contributed by atoms with Crippen molar-refractivity contribution in [3.05, 3.63) is 47.5 Å². The summed E-state index contributed by atoms with van der Waals surface area (Å²) >= 11 is 18.2. The molecule has 0 fully saturated rings. The first-order valence-corrected chi connectivity index (χ1v) is 25.1. The van der Waals surface area contributed by atoms with Gasteiger partial charge >= 0.3 is 0 Å². The van der Waals surface area contributed by atoms with Crippen molar-refractivity contribution < 1.29 is 55.2 Å². The topological polar surface area (TPSA) is 336 Å². The van der Waals surface area contributed by atoms with Crippen molar-refractivity contribution in [2.45, 2.75) is 9.79 Å². The van der Waals surface area contributed by atoms with E-state index in [1.807, 2.05) is 0 Å². The molecular weight excluding hydrogens is 953 g/mol. The molecule has 60 heavy (non-hydrogen) atoms. The fraction of sp³-hybridized carbons (Fsp3) is 0.286. The van der Waals surface area contributed by atoms with Gasteiger partial charge in [-0.3, -0.25) is 4.55 Å². The standard InChI is InChI=1S/C28H36N12O12S8/c41-49-52-57-21-15-19(33-27-37-23(29-7-11-53)35-25(39-27)31-9-13-58(44,55)50-42)5-3-17(21)1-2-18-4-6-20(16-22(18)60(46,47)48)34-28-38-24(30-8-12-54)36-26(40-28)32-10-14-59(45,56)51-43/h1-6,15-16,41-43,53-54H,7-14H2,(H,46,47,48)(H3,29,31,33,35,37,39)(H3,30,32,34,36,38,40)/b2-1+. The van der Waals surface area contributed by atoms with Crippen molar-refractivity contribution in [3.8, 4) is 0 Å². The minimum Gasteiger partial charge on any atom is -0.353 e. The maximum Gasteiger partial charge on any atom is 0.295 e. The van der Waals surface area contributed by atoms with E-state index < -0.39 is 32.6 Å². The highest BCUT2D eigenvalue weighted by atomic mass is 32.8. The zero-order valence-electron chi connectivity index (χ0n) is 30.4. The average Bonchev–Trinajstić information content (AvgIpc) is 3.20. The Morgan fingerprint density at radius 1 is 0.633 bits per heavy atom. The summed E-state index contributed by atoms with van der Waals surface area (Å²) in [6.07, 6.45) is 2.91. The number of aromatic nitrogens is 6. The van der Waals surface area contributed by atoms with Crippen LogP contribution in [0.15, 0.2) is 46.2 Å². The number of hydrogen-bond donors (Lipinski definition) is 12. The molecule has 0 bridgehead atoms. The number of anilines is 8. The van der Waals surface area contributed by atoms with E-state index >= 15 is 0 Å². The molecule has 24 nitrogen and oxygen atoms in total. The lowest BCUT2D eigenvalue weighted by Gasteiger charge is -2.13. The lowest BCUT2D eigenvalue weighted by atomic mass is 10.1. The Hall–Kier alpha value is -3.58. The number of nitrogens with zero attached hydrogens (tertiary/aromatic N) is 6. The molecule has 0 saturated heterocycles. The third-order valence-corrected chi connectivity index (χ3v) is 12.2. The minimum atomic E-state index is -4.81. The number of thiol groups is 2. The molecule has 4 rings (SSSR count). The molecule has 2 atom stereocenters. The molecular formula is C28H36N12O12S8. The third-order valence-electron chi connectivity index (χ3n) is 6.97. The summed E-state index contributed by atoms with van der Waals surface area (Å²) in [5.74, 6) is 0.751. The quantitative estimate of drug-likeness (QED) is 0.0107. The summed E-state index contributed by atoms with van der Waals surface area (Å²) in [4.78, 5) is 25.4. The van der Waals surface area contributed by atoms with Gasteiger partial charge in [0.1, 0.15) is 4.90 Å². The van der Waals surface area contributed by atoms with Crippen molar-refractivity contribution in [2.75, 3.05) is 81.1 Å². The van der Waals surface area contributed by atoms with Gasteiger partial charge in [-0.2, -0.15) is 63.6 Å². The molecule has 2 aromatic carbocycles. The van der Waals surface area contributed by atoms with Crippen LogP contribution in [0.5, 0.6) is 0 Å². The van der Waals surface area contributed by atoms with Gasteiger partial charge in [-0.25, -0.2) is 24.2 Å². The van der Waals surface area contributed by atoms with E-state index in [1.54, 1.807) is 18.2 Å². The van der Waals surface area contributed by atoms with E-state index in [2.05, 4.69) is 127 Å². The molecule has 32 heteroatoms. The second-order valence-electron chi connectivity index (χ2n) is 11.2. The van der Waals surface area contributed by atoms with Crippen LogP contribution in [0.4, 0.5) is 47.1 Å². The van der Waals surface area contributed by atoms with Crippen LogP contribution < -0.4 is 31.9 Å². The molecule has 0 spiro atoms. The Morgan fingerprint density at radius 2 is 1.05 bits per heavy atom. The lowest BCUT2D eigenvalue weighted by molar-refractivity contribution is -0.432. The van der Waals surface area contributed by atoms with E-state index in [0.29, 0.717) is 52.8 Å². The number of rotatable bonds is 26. The summed E-state index contributed by atoms with van der Waals surface area (Å²) in [5, 5.41) is 47.5. The molecule has 0 aliphatic rings. The predicted octanol–water partition coefficient (Wildman–Crippen LogP) is 3.20. The van der Waals surface area contributed by atoms with Crippen LogP contribution >= 0.6 is 37.3 Å². The van der Waals surface area contributed by atoms with E-state index in [0.717, 1.165) is 6.07 Å². The molecule has 0 aliphatic carbocycles. The van der Waals surface area contributed by atoms with E-state index in [-0.39, 0.29) is 71.5 Å². The third kappa shape index (κ3) is 16.4. The first-order chi connectivity index (χ1) is 28.6. The van der Waals surface area contributed by atoms with Crippen molar-refractivity contribution >= 4 is 147 Å². The Labute approximate surface area is 367 Å². The van der Waals surface area contributed by atoms with Crippen molar-refractivity contribution in [1.29, 1.82) is 0 Å². The van der Waals surface area contributed by atoms with Crippen LogP contribution in [-0.2, 0) is 68.1 Å². The van der Waals surface area contributed by atoms with Crippen LogP contribution in [-0.4, -0.2) is 116 Å². The van der Waals surface area contributed by atoms with Gasteiger partial charge in [-0.05, 0) is 35.4 Å². The summed E-state index contributed by atoms with van der Waals surface area (Å²) < 4.78 is 71.4. The van der Waals surface area contributed by atoms with Crippen LogP contribution in [0, 0.1) is 0 Å². The van der Waals surface area contributed by atoms with Crippen molar-refractivity contribution in [3.63, 3.8) is 0 Å². The normalized spacial score (nSPS) is 13.6. The maximum absolute atomic E-state index is 12.6. The Kier molecular flexibility index (Phi) is 19.3. The summed E-state index contributed by atoms with van der Waals surface area (Å²) in [6.45, 7) is 0.710. The largest absolute Gasteiger partial charge is 0.353 e. The SMILES string of the molecule is O=S(=O)(O)c1cc(Nc2nc(NCCS)nc(NCCS(=O)(=S)OO)n2)ccc1/C=C/c1ccc(Nc2nc(NCCS)nc(NCCS(=O)(=S)OO)n2)cc1SOOO. The molecule has 10 N–H and O–H groups in total. The predicted molar refractivity (Wildman–Crippen MR) is 238 cm³/mol. The Balaban J connectivity index is 1.60. The fourth-order valence-corrected chi connectivity index (χ4v) is 7.25. The van der Waals surface area contributed by atoms with Gasteiger partial charge in [-0.15, -0.1) is 13.0 Å². The highest BCUT2D eigenvalue weighted by molar-refractivity contribution is 8.30. The van der Waals surface area contributed by atoms with Gasteiger partial charge < -0.3 is 31.9 Å². The molecule has 2 aromatic heterocycles. The number of nitrogens with one attached hydrogen (secondary N) is 6. The molecule has 0 saturated carbocycles. The second kappa shape index (κ2) is 23.6. The van der Waals surface area contributed by atoms with Crippen molar-refractivity contribution in [1.82, 2.24) is 29.9 Å². The lowest BCUT2D eigenvalue weighted by Crippen LogP contribution is -2.18. The summed E-state index contributed by atoms with van der Waals surface area (Å²) in [5.41, 5.74) is 1.06. The molecule has 2 heterocycles. The van der Waals surface area contributed by atoms with Gasteiger partial charge in [-0.1, -0.05) is 29.3 Å². The van der Waals surface area contributed by atoms with Crippen LogP contribution in [0.25, 0.3) is 12.2 Å². The van der Waals surface area contributed by atoms with E-state index in [9.17, 15) is 21.4 Å². The highest BCUT2D eigenvalue weighted by Gasteiger charge is 2.18. The molecule has 0 radical (unpaired) electrons. The molecule has 0 amide bonds. The van der Waals surface area contributed by atoms with Gasteiger partial charge in [0.15, 0.2) is 17.5 Å². The first kappa shape index (κ1) is 49.1. The van der Waals surface area contributed by atoms with Gasteiger partial charge in [0, 0.05) is 76.3 Å². The highest BCUT2D eigenvalue weighted by Crippen LogP contribution is 2.31. The molecule has 2 unspecified atom stereocenters. The summed E-state index contributed by atoms with van der Waals surface area (Å²) in [6, 6.07) is 8.84. The first-order valence-electron chi connectivity index (χ1n) is 16.5. The Morgan fingerprint density at radius 3 is 1.48 bits per heavy atom. The Bertz CT molecular complexity index is 2440. The zero-order valence-corrected chi connectivity index (χ0v) is 37.0. The van der Waals surface area contributed by atoms with Gasteiger partial charge in [0.25, 0.3) is 10.1 Å². The smallest absolute Gasteiger partial charge is 0.295 e. The number of hydrogen-bond acceptors (Lipinski definition) is 28. The van der Waals surface area contributed by atoms with Crippen LogP contribution in [0.1, 0.15) is 11.1 Å². The van der Waals surface area contributed by atoms with Crippen LogP contribution in [0.2, 0.25) is 0 Å². The minimum absolute atomic E-state index is 0.00551. The maximum atomic E-state index is 12.6. The van der Waals surface area contributed by atoms with Gasteiger partial charge in [0.2, 0.25) is 35.7 Å². The average molecular weight is 989 g/mol. The fourth-order valence-electron chi connectivity index (χ4n) is 4.45. The second-order valence-corrected chi connectivity index (χ2v) is 20.6. The summed E-state index contributed by atoms with van der Waals surface area (Å²) in [7, 11) is -11.5. The van der Waals surface area contributed by atoms with Crippen LogP contribution in [0.3, 0.4) is 0 Å². The van der Waals surface area contributed by atoms with Gasteiger partial charge in [0.05, 0.1) is 23.5 Å². The number of benzene rings is 2. The zero-order chi connectivity index (χ0) is 43.8. The van der Waals surface area contributed by atoms with E-state index in [4.69, 9.17) is 15.8 Å². The molecule has 4 aromatic rings.